The minimum Gasteiger partial charge on any atom is -0.542 e. The first-order valence-electron chi connectivity index (χ1n) is 11.9. The number of carbonyl (C=O) groups excluding carboxylic acids is 2. The van der Waals surface area contributed by atoms with E-state index >= 15 is 0 Å². The summed E-state index contributed by atoms with van der Waals surface area (Å²) in [5.74, 6) is -3.36. The molecule has 0 amide bonds. The molecular weight excluding hydrogens is 520 g/mol. The summed E-state index contributed by atoms with van der Waals surface area (Å²) in [6.07, 6.45) is -1.66. The van der Waals surface area contributed by atoms with Crippen LogP contribution in [0.2, 0.25) is 0 Å². The van der Waals surface area contributed by atoms with Crippen molar-refractivity contribution >= 4 is 11.9 Å². The Morgan fingerprint density at radius 1 is 1.23 bits per heavy atom. The van der Waals surface area contributed by atoms with E-state index < -0.39 is 18.0 Å². The first-order valence-corrected chi connectivity index (χ1v) is 11.9. The number of alkyl halides is 3. The third-order valence-corrected chi connectivity index (χ3v) is 6.71. The molecule has 2 aliphatic heterocycles. The first kappa shape index (κ1) is 27.7. The molecule has 0 spiro atoms. The Hall–Kier alpha value is -4.37. The highest BCUT2D eigenvalue weighted by Gasteiger charge is 2.29. The summed E-state index contributed by atoms with van der Waals surface area (Å²) >= 11 is 0. The summed E-state index contributed by atoms with van der Waals surface area (Å²) in [5, 5.41) is 17.7. The van der Waals surface area contributed by atoms with Gasteiger partial charge in [-0.1, -0.05) is 6.07 Å². The molecule has 2 aromatic carbocycles. The zero-order chi connectivity index (χ0) is 28.3. The van der Waals surface area contributed by atoms with Crippen molar-refractivity contribution in [2.24, 2.45) is 0 Å². The molecule has 0 radical (unpaired) electrons. The second-order valence-electron chi connectivity index (χ2n) is 9.14. The zero-order valence-corrected chi connectivity index (χ0v) is 20.7. The summed E-state index contributed by atoms with van der Waals surface area (Å²) in [6.45, 7) is 5.19. The summed E-state index contributed by atoms with van der Waals surface area (Å²) < 4.78 is 51.1. The fourth-order valence-corrected chi connectivity index (χ4v) is 4.55. The number of benzene rings is 2. The van der Waals surface area contributed by atoms with Gasteiger partial charge in [0.25, 0.3) is 0 Å². The van der Waals surface area contributed by atoms with Crippen molar-refractivity contribution < 1.29 is 41.9 Å². The number of nitrogens with one attached hydrogen (secondary N) is 1. The number of carboxylic acid groups (broad SMARTS) is 1. The Morgan fingerprint density at radius 3 is 2.62 bits per heavy atom. The van der Waals surface area contributed by atoms with Crippen molar-refractivity contribution in [3.63, 3.8) is 0 Å². The molecule has 1 unspecified atom stereocenters. The van der Waals surface area contributed by atoms with Crippen LogP contribution in [0.15, 0.2) is 36.5 Å². The van der Waals surface area contributed by atoms with Crippen LogP contribution in [-0.2, 0) is 35.5 Å². The van der Waals surface area contributed by atoms with Crippen molar-refractivity contribution in [3.05, 3.63) is 81.4 Å². The second-order valence-corrected chi connectivity index (χ2v) is 9.14. The number of hydrogen-bond donors (Lipinski definition) is 1. The SMILES string of the molecule is Cc1c(CC[NH+]2CCc3nc(-c4ccc(C#N)cc4F)ncc3C2)ccc2c1COC2=O.O=C([O-])C(F)(F)F. The number of esters is 1. The van der Waals surface area contributed by atoms with Crippen LogP contribution in [-0.4, -0.2) is 41.2 Å². The van der Waals surface area contributed by atoms with Gasteiger partial charge in [-0.05, 0) is 42.3 Å². The zero-order valence-electron chi connectivity index (χ0n) is 20.7. The van der Waals surface area contributed by atoms with Gasteiger partial charge >= 0.3 is 12.1 Å². The average molecular weight is 542 g/mol. The van der Waals surface area contributed by atoms with Crippen molar-refractivity contribution in [2.45, 2.75) is 39.1 Å². The molecule has 12 heteroatoms. The molecule has 3 heterocycles. The molecule has 0 fully saturated rings. The van der Waals surface area contributed by atoms with E-state index in [2.05, 4.69) is 16.9 Å². The first-order chi connectivity index (χ1) is 18.5. The number of nitriles is 1. The molecule has 8 nitrogen and oxygen atoms in total. The Balaban J connectivity index is 0.000000448. The lowest BCUT2D eigenvalue weighted by atomic mass is 9.96. The number of hydrogen-bond acceptors (Lipinski definition) is 7. The fraction of sp³-hybridized carbons (Fsp3) is 0.296. The summed E-state index contributed by atoms with van der Waals surface area (Å²) in [7, 11) is 0. The smallest absolute Gasteiger partial charge is 0.430 e. The number of rotatable bonds is 4. The van der Waals surface area contributed by atoms with Gasteiger partial charge < -0.3 is 19.5 Å². The Kier molecular flexibility index (Phi) is 7.92. The third-order valence-electron chi connectivity index (χ3n) is 6.71. The second kappa shape index (κ2) is 11.2. The van der Waals surface area contributed by atoms with E-state index in [-0.39, 0.29) is 11.5 Å². The number of halogens is 4. The largest absolute Gasteiger partial charge is 0.542 e. The number of aromatic nitrogens is 2. The Labute approximate surface area is 220 Å². The molecular formula is C27H22F4N4O4. The molecule has 1 atom stereocenters. The van der Waals surface area contributed by atoms with Gasteiger partial charge in [0.15, 0.2) is 5.82 Å². The number of fused-ring (bicyclic) bond motifs is 2. The molecule has 0 bridgehead atoms. The maximum Gasteiger partial charge on any atom is 0.430 e. The number of cyclic esters (lactones) is 1. The highest BCUT2D eigenvalue weighted by Crippen LogP contribution is 2.26. The lowest BCUT2D eigenvalue weighted by molar-refractivity contribution is -0.915. The number of ether oxygens (including phenoxy) is 1. The van der Waals surface area contributed by atoms with Crippen molar-refractivity contribution in [1.82, 2.24) is 9.97 Å². The van der Waals surface area contributed by atoms with Crippen LogP contribution in [0.4, 0.5) is 17.6 Å². The standard InChI is InChI=1S/C25H21FN4O2.C2HF3O2/c1-15-17(3-5-19-21(15)14-32-25(19)31)6-8-30-9-7-23-18(13-30)12-28-24(29-23)20-4-2-16(11-27)10-22(20)26;3-2(4,5)1(6)7/h2-5,10,12H,6-9,13-14H2,1H3;(H,6,7). The van der Waals surface area contributed by atoms with Gasteiger partial charge in [0.2, 0.25) is 0 Å². The van der Waals surface area contributed by atoms with E-state index in [9.17, 15) is 22.4 Å². The average Bonchev–Trinajstić information content (AvgIpc) is 3.29. The van der Waals surface area contributed by atoms with E-state index in [1.54, 1.807) is 18.3 Å². The van der Waals surface area contributed by atoms with Crippen molar-refractivity contribution in [2.75, 3.05) is 13.1 Å². The van der Waals surface area contributed by atoms with E-state index in [1.165, 1.54) is 16.5 Å². The van der Waals surface area contributed by atoms with Gasteiger partial charge in [0, 0.05) is 30.2 Å². The highest BCUT2D eigenvalue weighted by molar-refractivity contribution is 5.93. The molecule has 0 aliphatic carbocycles. The van der Waals surface area contributed by atoms with E-state index in [0.717, 1.165) is 54.9 Å². The minimum absolute atomic E-state index is 0.229. The van der Waals surface area contributed by atoms with Crippen LogP contribution in [0.25, 0.3) is 11.4 Å². The molecule has 0 saturated heterocycles. The molecule has 0 saturated carbocycles. The third kappa shape index (κ3) is 6.21. The maximum atomic E-state index is 14.4. The maximum absolute atomic E-state index is 14.4. The molecule has 1 N–H and O–H groups in total. The van der Waals surface area contributed by atoms with E-state index in [1.807, 2.05) is 18.2 Å². The van der Waals surface area contributed by atoms with Gasteiger partial charge in [-0.15, -0.1) is 0 Å². The van der Waals surface area contributed by atoms with Crippen LogP contribution in [0.3, 0.4) is 0 Å². The van der Waals surface area contributed by atoms with E-state index in [0.29, 0.717) is 23.6 Å². The quantitative estimate of drug-likeness (QED) is 0.393. The number of nitrogens with zero attached hydrogens (tertiary/aromatic N) is 3. The number of carboxylic acids is 1. The Bertz CT molecular complexity index is 1480. The monoisotopic (exact) mass is 542 g/mol. The van der Waals surface area contributed by atoms with Gasteiger partial charge in [-0.3, -0.25) is 0 Å². The predicted molar refractivity (Wildman–Crippen MR) is 125 cm³/mol. The van der Waals surface area contributed by atoms with Crippen molar-refractivity contribution in [3.8, 4) is 17.5 Å². The van der Waals surface area contributed by atoms with Gasteiger partial charge in [-0.2, -0.15) is 18.4 Å². The molecule has 202 valence electrons. The minimum atomic E-state index is -5.19. The number of carbonyl (C=O) groups is 2. The number of quaternary nitrogens is 1. The lowest BCUT2D eigenvalue weighted by Crippen LogP contribution is -3.12. The summed E-state index contributed by atoms with van der Waals surface area (Å²) in [6, 6.07) is 10.2. The van der Waals surface area contributed by atoms with Gasteiger partial charge in [0.05, 0.1) is 41.5 Å². The highest BCUT2D eigenvalue weighted by atomic mass is 19.4. The van der Waals surface area contributed by atoms with Crippen molar-refractivity contribution in [1.29, 1.82) is 5.26 Å². The molecule has 5 rings (SSSR count). The topological polar surface area (TPSA) is 120 Å². The van der Waals surface area contributed by atoms with Gasteiger partial charge in [-0.25, -0.2) is 19.2 Å². The normalized spacial score (nSPS) is 15.8. The fourth-order valence-electron chi connectivity index (χ4n) is 4.55. The molecule has 3 aromatic rings. The lowest BCUT2D eigenvalue weighted by Gasteiger charge is -2.25. The molecule has 2 aliphatic rings. The van der Waals surface area contributed by atoms with Crippen LogP contribution >= 0.6 is 0 Å². The van der Waals surface area contributed by atoms with E-state index in [4.69, 9.17) is 19.9 Å². The van der Waals surface area contributed by atoms with Crippen LogP contribution in [0.5, 0.6) is 0 Å². The predicted octanol–water partition coefficient (Wildman–Crippen LogP) is 1.62. The van der Waals surface area contributed by atoms with Crippen LogP contribution in [0.1, 0.15) is 43.9 Å². The summed E-state index contributed by atoms with van der Waals surface area (Å²) in [5.41, 5.74) is 6.77. The molecule has 1 aromatic heterocycles. The van der Waals surface area contributed by atoms with Gasteiger partial charge in [0.1, 0.15) is 24.9 Å². The Morgan fingerprint density at radius 2 is 1.95 bits per heavy atom. The molecule has 39 heavy (non-hydrogen) atoms. The van der Waals surface area contributed by atoms with Crippen LogP contribution in [0, 0.1) is 24.1 Å². The van der Waals surface area contributed by atoms with Crippen LogP contribution < -0.4 is 10.0 Å². The summed E-state index contributed by atoms with van der Waals surface area (Å²) in [4.78, 5) is 31.0. The number of aliphatic carboxylic acids is 1.